The second-order valence-electron chi connectivity index (χ2n) is 9.98. The minimum atomic E-state index is -3.52. The molecule has 7 nitrogen and oxygen atoms in total. The van der Waals surface area contributed by atoms with Crippen LogP contribution in [0.3, 0.4) is 0 Å². The second kappa shape index (κ2) is 11.7. The molecular formula is C27H34Cl2N2O5S. The van der Waals surface area contributed by atoms with Crippen LogP contribution < -0.4 is 0 Å². The zero-order valence-corrected chi connectivity index (χ0v) is 23.9. The number of benzene rings is 2. The number of nitrogens with zero attached hydrogens (tertiary/aromatic N) is 2. The maximum atomic E-state index is 14.2. The van der Waals surface area contributed by atoms with E-state index in [0.29, 0.717) is 22.9 Å². The van der Waals surface area contributed by atoms with Gasteiger partial charge in [0.15, 0.2) is 0 Å². The largest absolute Gasteiger partial charge is 0.481 e. The smallest absolute Gasteiger partial charge is 0.304 e. The van der Waals surface area contributed by atoms with Crippen LogP contribution >= 0.6 is 23.2 Å². The average molecular weight is 570 g/mol. The number of likely N-dealkylation sites (tertiary alicyclic amines) is 1. The fourth-order valence-corrected chi connectivity index (χ4v) is 6.67. The highest BCUT2D eigenvalue weighted by Crippen LogP contribution is 2.52. The van der Waals surface area contributed by atoms with E-state index in [0.717, 1.165) is 17.4 Å². The molecule has 37 heavy (non-hydrogen) atoms. The van der Waals surface area contributed by atoms with Gasteiger partial charge in [0.25, 0.3) is 0 Å². The van der Waals surface area contributed by atoms with Crippen LogP contribution in [0.1, 0.15) is 63.1 Å². The number of rotatable bonds is 10. The predicted octanol–water partition coefficient (Wildman–Crippen LogP) is 5.59. The Morgan fingerprint density at radius 1 is 1.14 bits per heavy atom. The molecule has 4 atom stereocenters. The number of halogens is 2. The molecule has 0 saturated carbocycles. The van der Waals surface area contributed by atoms with E-state index in [1.807, 2.05) is 37.3 Å². The SMILES string of the molecule is CC[C@@H](CN(CC)S(C)(=O)=O)N1C(=O)[C@@](C)(CC(=O)O)C[C@H](c2cccc(Cl)c2)C1c1ccc(Cl)cc1. The third-order valence-corrected chi connectivity index (χ3v) is 9.06. The molecule has 1 saturated heterocycles. The van der Waals surface area contributed by atoms with E-state index in [1.54, 1.807) is 36.9 Å². The molecule has 1 heterocycles. The number of hydrogen-bond acceptors (Lipinski definition) is 4. The van der Waals surface area contributed by atoms with Gasteiger partial charge in [-0.3, -0.25) is 9.59 Å². The van der Waals surface area contributed by atoms with Crippen molar-refractivity contribution in [3.63, 3.8) is 0 Å². The molecule has 0 aliphatic carbocycles. The van der Waals surface area contributed by atoms with Crippen molar-refractivity contribution < 1.29 is 23.1 Å². The summed E-state index contributed by atoms with van der Waals surface area (Å²) in [4.78, 5) is 27.9. The fraction of sp³-hybridized carbons (Fsp3) is 0.481. The summed E-state index contributed by atoms with van der Waals surface area (Å²) in [7, 11) is -3.52. The Morgan fingerprint density at radius 3 is 2.30 bits per heavy atom. The zero-order chi connectivity index (χ0) is 27.5. The van der Waals surface area contributed by atoms with E-state index in [1.165, 1.54) is 4.31 Å². The zero-order valence-electron chi connectivity index (χ0n) is 21.5. The maximum Gasteiger partial charge on any atom is 0.304 e. The lowest BCUT2D eigenvalue weighted by Crippen LogP contribution is -2.58. The first kappa shape index (κ1) is 29.4. The second-order valence-corrected chi connectivity index (χ2v) is 12.8. The topological polar surface area (TPSA) is 95.0 Å². The number of piperidine rings is 1. The summed E-state index contributed by atoms with van der Waals surface area (Å²) in [6, 6.07) is 13.7. The first-order valence-corrected chi connectivity index (χ1v) is 14.9. The van der Waals surface area contributed by atoms with Gasteiger partial charge in [-0.15, -0.1) is 0 Å². The molecule has 1 aliphatic rings. The van der Waals surface area contributed by atoms with Gasteiger partial charge in [0.2, 0.25) is 15.9 Å². The van der Waals surface area contributed by atoms with Gasteiger partial charge in [0, 0.05) is 35.1 Å². The van der Waals surface area contributed by atoms with Crippen molar-refractivity contribution in [2.45, 2.75) is 58.0 Å². The van der Waals surface area contributed by atoms with Crippen LogP contribution in [0.15, 0.2) is 48.5 Å². The van der Waals surface area contributed by atoms with Crippen LogP contribution in [0, 0.1) is 5.41 Å². The Bertz CT molecular complexity index is 1240. The van der Waals surface area contributed by atoms with Gasteiger partial charge in [-0.2, -0.15) is 0 Å². The third kappa shape index (κ3) is 6.66. The lowest BCUT2D eigenvalue weighted by atomic mass is 9.67. The van der Waals surface area contributed by atoms with E-state index in [9.17, 15) is 23.1 Å². The number of carbonyl (C=O) groups excluding carboxylic acids is 1. The third-order valence-electron chi connectivity index (χ3n) is 7.23. The molecule has 10 heteroatoms. The summed E-state index contributed by atoms with van der Waals surface area (Å²) in [5.41, 5.74) is 0.518. The summed E-state index contributed by atoms with van der Waals surface area (Å²) in [5.74, 6) is -1.65. The lowest BCUT2D eigenvalue weighted by molar-refractivity contribution is -0.160. The number of aliphatic carboxylic acids is 1. The number of sulfonamides is 1. The molecule has 0 aromatic heterocycles. The van der Waals surface area contributed by atoms with Crippen LogP contribution in [0.2, 0.25) is 10.0 Å². The Balaban J connectivity index is 2.25. The first-order chi connectivity index (χ1) is 17.3. The summed E-state index contributed by atoms with van der Waals surface area (Å²) in [6.07, 6.45) is 1.59. The van der Waals surface area contributed by atoms with Crippen molar-refractivity contribution in [2.75, 3.05) is 19.3 Å². The molecule has 3 rings (SSSR count). The molecule has 2 aromatic carbocycles. The lowest BCUT2D eigenvalue weighted by Gasteiger charge is -2.52. The van der Waals surface area contributed by atoms with Gasteiger partial charge in [0.05, 0.1) is 24.1 Å². The molecule has 1 aliphatic heterocycles. The molecule has 1 fully saturated rings. The van der Waals surface area contributed by atoms with Crippen LogP contribution in [-0.2, 0) is 19.6 Å². The van der Waals surface area contributed by atoms with E-state index in [2.05, 4.69) is 0 Å². The Kier molecular flexibility index (Phi) is 9.32. The molecule has 1 amide bonds. The molecule has 1 N–H and O–H groups in total. The standard InChI is InChI=1S/C27H34Cl2N2O5S/c1-5-22(17-30(6-2)37(4,35)36)31-25(18-10-12-20(28)13-11-18)23(19-8-7-9-21(29)14-19)15-27(3,26(31)34)16-24(32)33/h7-14,22-23,25H,5-6,15-17H2,1-4H3,(H,32,33)/t22-,23+,25?,27+/m0/s1. The normalized spacial score (nSPS) is 23.3. The van der Waals surface area contributed by atoms with Crippen molar-refractivity contribution in [3.05, 3.63) is 69.7 Å². The van der Waals surface area contributed by atoms with Gasteiger partial charge >= 0.3 is 5.97 Å². The number of carboxylic acid groups (broad SMARTS) is 1. The minimum Gasteiger partial charge on any atom is -0.481 e. The predicted molar refractivity (Wildman–Crippen MR) is 146 cm³/mol. The number of likely N-dealkylation sites (N-methyl/N-ethyl adjacent to an activating group) is 1. The highest BCUT2D eigenvalue weighted by atomic mass is 35.5. The van der Waals surface area contributed by atoms with E-state index in [4.69, 9.17) is 23.2 Å². The molecule has 0 radical (unpaired) electrons. The maximum absolute atomic E-state index is 14.2. The number of carboxylic acids is 1. The minimum absolute atomic E-state index is 0.104. The van der Waals surface area contributed by atoms with Crippen molar-refractivity contribution >= 4 is 45.1 Å². The molecule has 1 unspecified atom stereocenters. The van der Waals surface area contributed by atoms with Crippen LogP contribution in [0.25, 0.3) is 0 Å². The summed E-state index contributed by atoms with van der Waals surface area (Å²) < 4.78 is 26.3. The molecule has 2 aromatic rings. The van der Waals surface area contributed by atoms with Crippen molar-refractivity contribution in [3.8, 4) is 0 Å². The van der Waals surface area contributed by atoms with Gasteiger partial charge in [-0.05, 0) is 48.2 Å². The Labute approximate surface area is 229 Å². The van der Waals surface area contributed by atoms with Crippen molar-refractivity contribution in [2.24, 2.45) is 5.41 Å². The van der Waals surface area contributed by atoms with E-state index in [-0.39, 0.29) is 31.3 Å². The molecule has 202 valence electrons. The summed E-state index contributed by atoms with van der Waals surface area (Å²) in [5, 5.41) is 10.8. The highest BCUT2D eigenvalue weighted by Gasteiger charge is 2.52. The van der Waals surface area contributed by atoms with Gasteiger partial charge in [0.1, 0.15) is 0 Å². The Hall–Kier alpha value is -2.13. The first-order valence-electron chi connectivity index (χ1n) is 12.3. The van der Waals surface area contributed by atoms with Crippen LogP contribution in [0.4, 0.5) is 0 Å². The summed E-state index contributed by atoms with van der Waals surface area (Å²) in [6.45, 7) is 5.71. The Morgan fingerprint density at radius 2 is 1.78 bits per heavy atom. The molecular weight excluding hydrogens is 535 g/mol. The fourth-order valence-electron chi connectivity index (χ4n) is 5.43. The number of carbonyl (C=O) groups is 2. The van der Waals surface area contributed by atoms with Crippen LogP contribution in [-0.4, -0.2) is 60.0 Å². The quantitative estimate of drug-likeness (QED) is 0.403. The molecule has 0 bridgehead atoms. The van der Waals surface area contributed by atoms with Gasteiger partial charge < -0.3 is 10.0 Å². The molecule has 0 spiro atoms. The van der Waals surface area contributed by atoms with Crippen molar-refractivity contribution in [1.82, 2.24) is 9.21 Å². The number of amides is 1. The van der Waals surface area contributed by atoms with Crippen LogP contribution in [0.5, 0.6) is 0 Å². The van der Waals surface area contributed by atoms with E-state index >= 15 is 0 Å². The summed E-state index contributed by atoms with van der Waals surface area (Å²) >= 11 is 12.5. The highest BCUT2D eigenvalue weighted by molar-refractivity contribution is 7.88. The monoisotopic (exact) mass is 568 g/mol. The van der Waals surface area contributed by atoms with Gasteiger partial charge in [-0.25, -0.2) is 12.7 Å². The van der Waals surface area contributed by atoms with Gasteiger partial charge in [-0.1, -0.05) is 68.2 Å². The number of hydrogen-bond donors (Lipinski definition) is 1. The average Bonchev–Trinajstić information content (AvgIpc) is 2.81. The van der Waals surface area contributed by atoms with E-state index < -0.39 is 33.5 Å². The van der Waals surface area contributed by atoms with Crippen molar-refractivity contribution in [1.29, 1.82) is 0 Å².